The molecule has 2 rings (SSSR count). The first kappa shape index (κ1) is 14.5. The monoisotopic (exact) mass is 260 g/mol. The van der Waals surface area contributed by atoms with Gasteiger partial charge in [-0.25, -0.2) is 0 Å². The summed E-state index contributed by atoms with van der Waals surface area (Å²) < 4.78 is 0. The lowest BCUT2D eigenvalue weighted by molar-refractivity contribution is 0.161. The molecule has 1 aromatic heterocycles. The van der Waals surface area contributed by atoms with E-state index in [1.54, 1.807) is 0 Å². The summed E-state index contributed by atoms with van der Waals surface area (Å²) in [5.41, 5.74) is 1.97. The fourth-order valence-corrected chi connectivity index (χ4v) is 3.26. The molecule has 1 saturated carbocycles. The first-order chi connectivity index (χ1) is 9.11. The van der Waals surface area contributed by atoms with E-state index >= 15 is 0 Å². The first-order valence-electron chi connectivity index (χ1n) is 7.73. The Labute approximate surface area is 118 Å². The number of likely N-dealkylation sites (N-methyl/N-ethyl adjacent to an activating group) is 1. The van der Waals surface area contributed by atoms with Gasteiger partial charge < -0.3 is 5.32 Å². The molecule has 1 heterocycles. The largest absolute Gasteiger partial charge is 0.314 e. The summed E-state index contributed by atoms with van der Waals surface area (Å²) in [6.45, 7) is 8.10. The second-order valence-corrected chi connectivity index (χ2v) is 6.73. The Balaban J connectivity index is 1.96. The van der Waals surface area contributed by atoms with Crippen LogP contribution in [-0.2, 0) is 6.42 Å². The van der Waals surface area contributed by atoms with Gasteiger partial charge in [0.25, 0.3) is 0 Å². The molecule has 1 aliphatic carbocycles. The van der Waals surface area contributed by atoms with Crippen molar-refractivity contribution < 1.29 is 0 Å². The molecule has 1 fully saturated rings. The topological polar surface area (TPSA) is 24.9 Å². The van der Waals surface area contributed by atoms with Crippen molar-refractivity contribution in [1.82, 2.24) is 10.3 Å². The number of aromatic nitrogens is 1. The second-order valence-electron chi connectivity index (χ2n) is 6.73. The molecule has 1 unspecified atom stereocenters. The van der Waals surface area contributed by atoms with Gasteiger partial charge in [0.15, 0.2) is 0 Å². The van der Waals surface area contributed by atoms with Crippen molar-refractivity contribution in [2.45, 2.75) is 58.9 Å². The van der Waals surface area contributed by atoms with Crippen molar-refractivity contribution in [2.24, 2.45) is 11.3 Å². The van der Waals surface area contributed by atoms with E-state index in [0.717, 1.165) is 18.9 Å². The van der Waals surface area contributed by atoms with Crippen molar-refractivity contribution in [3.05, 3.63) is 30.1 Å². The van der Waals surface area contributed by atoms with Gasteiger partial charge in [0.2, 0.25) is 0 Å². The highest BCUT2D eigenvalue weighted by Crippen LogP contribution is 2.39. The molecule has 2 nitrogen and oxygen atoms in total. The third-order valence-electron chi connectivity index (χ3n) is 4.62. The van der Waals surface area contributed by atoms with Crippen LogP contribution in [0.5, 0.6) is 0 Å². The van der Waals surface area contributed by atoms with Crippen LogP contribution in [-0.4, -0.2) is 17.6 Å². The highest BCUT2D eigenvalue weighted by molar-refractivity contribution is 5.12. The zero-order valence-corrected chi connectivity index (χ0v) is 12.7. The molecule has 0 aromatic carbocycles. The molecule has 0 saturated heterocycles. The van der Waals surface area contributed by atoms with Crippen LogP contribution in [0.1, 0.15) is 52.0 Å². The minimum absolute atomic E-state index is 0.559. The Morgan fingerprint density at radius 1 is 1.26 bits per heavy atom. The van der Waals surface area contributed by atoms with E-state index in [0.29, 0.717) is 11.5 Å². The summed E-state index contributed by atoms with van der Waals surface area (Å²) in [5.74, 6) is 0.834. The number of pyridine rings is 1. The molecule has 0 aliphatic heterocycles. The third-order valence-corrected chi connectivity index (χ3v) is 4.62. The van der Waals surface area contributed by atoms with E-state index in [2.05, 4.69) is 43.2 Å². The summed E-state index contributed by atoms with van der Waals surface area (Å²) in [4.78, 5) is 4.11. The van der Waals surface area contributed by atoms with Crippen molar-refractivity contribution in [1.29, 1.82) is 0 Å². The van der Waals surface area contributed by atoms with Gasteiger partial charge in [-0.05, 0) is 67.7 Å². The van der Waals surface area contributed by atoms with E-state index in [1.165, 1.54) is 31.2 Å². The normalized spacial score (nSPS) is 21.2. The highest BCUT2D eigenvalue weighted by atomic mass is 14.9. The number of nitrogens with zero attached hydrogens (tertiary/aromatic N) is 1. The molecule has 1 aliphatic rings. The van der Waals surface area contributed by atoms with Gasteiger partial charge in [-0.3, -0.25) is 4.98 Å². The molecular weight excluding hydrogens is 232 g/mol. The Kier molecular flexibility index (Phi) is 4.98. The maximum atomic E-state index is 4.11. The van der Waals surface area contributed by atoms with Crippen LogP contribution in [0.15, 0.2) is 24.5 Å². The molecular formula is C17H28N2. The zero-order chi connectivity index (χ0) is 13.7. The lowest BCUT2D eigenvalue weighted by Gasteiger charge is -2.38. The zero-order valence-electron chi connectivity index (χ0n) is 12.7. The van der Waals surface area contributed by atoms with E-state index < -0.39 is 0 Å². The lowest BCUT2D eigenvalue weighted by Crippen LogP contribution is -2.40. The number of hydrogen-bond donors (Lipinski definition) is 1. The van der Waals surface area contributed by atoms with Gasteiger partial charge in [0.05, 0.1) is 0 Å². The maximum Gasteiger partial charge on any atom is 0.0270 e. The number of hydrogen-bond acceptors (Lipinski definition) is 2. The predicted molar refractivity (Wildman–Crippen MR) is 81.1 cm³/mol. The quantitative estimate of drug-likeness (QED) is 0.870. The summed E-state index contributed by atoms with van der Waals surface area (Å²) in [6.07, 6.45) is 10.4. The standard InChI is InChI=1S/C17H28N2/c1-4-19-16(13-14-7-11-18-12-8-14)15-5-9-17(2,3)10-6-15/h7-8,11-12,15-16,19H,4-6,9-10,13H2,1-3H3. The Bertz CT molecular complexity index is 362. The molecule has 1 atom stereocenters. The molecule has 19 heavy (non-hydrogen) atoms. The van der Waals surface area contributed by atoms with E-state index in [9.17, 15) is 0 Å². The van der Waals surface area contributed by atoms with Crippen molar-refractivity contribution >= 4 is 0 Å². The number of nitrogens with one attached hydrogen (secondary N) is 1. The van der Waals surface area contributed by atoms with E-state index in [1.807, 2.05) is 12.4 Å². The second kappa shape index (κ2) is 6.51. The molecule has 2 heteroatoms. The van der Waals surface area contributed by atoms with E-state index in [-0.39, 0.29) is 0 Å². The predicted octanol–water partition coefficient (Wildman–Crippen LogP) is 3.82. The third kappa shape index (κ3) is 4.31. The smallest absolute Gasteiger partial charge is 0.0270 e. The van der Waals surface area contributed by atoms with Gasteiger partial charge in [0.1, 0.15) is 0 Å². The van der Waals surface area contributed by atoms with Crippen molar-refractivity contribution in [3.63, 3.8) is 0 Å². The van der Waals surface area contributed by atoms with E-state index in [4.69, 9.17) is 0 Å². The highest BCUT2D eigenvalue weighted by Gasteiger charge is 2.30. The Morgan fingerprint density at radius 3 is 2.47 bits per heavy atom. The molecule has 106 valence electrons. The van der Waals surface area contributed by atoms with Crippen LogP contribution < -0.4 is 5.32 Å². The van der Waals surface area contributed by atoms with Gasteiger partial charge in [-0.2, -0.15) is 0 Å². The summed E-state index contributed by atoms with van der Waals surface area (Å²) in [6, 6.07) is 4.93. The van der Waals surface area contributed by atoms with Gasteiger partial charge in [-0.1, -0.05) is 20.8 Å². The molecule has 0 amide bonds. The first-order valence-corrected chi connectivity index (χ1v) is 7.73. The minimum Gasteiger partial charge on any atom is -0.314 e. The molecule has 0 bridgehead atoms. The summed E-state index contributed by atoms with van der Waals surface area (Å²) >= 11 is 0. The van der Waals surface area contributed by atoms with Gasteiger partial charge >= 0.3 is 0 Å². The molecule has 1 aromatic rings. The van der Waals surface area contributed by atoms with Crippen LogP contribution in [0, 0.1) is 11.3 Å². The SMILES string of the molecule is CCNC(Cc1ccncc1)C1CCC(C)(C)CC1. The fourth-order valence-electron chi connectivity index (χ4n) is 3.26. The van der Waals surface area contributed by atoms with Crippen LogP contribution >= 0.6 is 0 Å². The molecule has 1 N–H and O–H groups in total. The van der Waals surface area contributed by atoms with Crippen LogP contribution in [0.2, 0.25) is 0 Å². The summed E-state index contributed by atoms with van der Waals surface area (Å²) in [7, 11) is 0. The Morgan fingerprint density at radius 2 is 1.89 bits per heavy atom. The van der Waals surface area contributed by atoms with Crippen molar-refractivity contribution in [3.8, 4) is 0 Å². The Hall–Kier alpha value is -0.890. The lowest BCUT2D eigenvalue weighted by atomic mass is 9.70. The van der Waals surface area contributed by atoms with Crippen molar-refractivity contribution in [2.75, 3.05) is 6.54 Å². The number of rotatable bonds is 5. The average molecular weight is 260 g/mol. The maximum absolute atomic E-state index is 4.11. The minimum atomic E-state index is 0.559. The molecule has 0 spiro atoms. The van der Waals surface area contributed by atoms with Crippen LogP contribution in [0.4, 0.5) is 0 Å². The molecule has 0 radical (unpaired) electrons. The fraction of sp³-hybridized carbons (Fsp3) is 0.706. The van der Waals surface area contributed by atoms with Crippen LogP contribution in [0.25, 0.3) is 0 Å². The average Bonchev–Trinajstić information content (AvgIpc) is 2.39. The van der Waals surface area contributed by atoms with Gasteiger partial charge in [0, 0.05) is 18.4 Å². The van der Waals surface area contributed by atoms with Gasteiger partial charge in [-0.15, -0.1) is 0 Å². The summed E-state index contributed by atoms with van der Waals surface area (Å²) in [5, 5.41) is 3.71. The van der Waals surface area contributed by atoms with Crippen LogP contribution in [0.3, 0.4) is 0 Å².